The van der Waals surface area contributed by atoms with Crippen molar-refractivity contribution in [3.63, 3.8) is 0 Å². The van der Waals surface area contributed by atoms with Crippen LogP contribution in [0.2, 0.25) is 0 Å². The Labute approximate surface area is 428 Å². The second-order valence-corrected chi connectivity index (χ2v) is 20.0. The summed E-state index contributed by atoms with van der Waals surface area (Å²) in [7, 11) is 0. The van der Waals surface area contributed by atoms with Crippen LogP contribution in [-0.2, 0) is 28.6 Å². The summed E-state index contributed by atoms with van der Waals surface area (Å²) < 4.78 is 16.9. The van der Waals surface area contributed by atoms with Crippen LogP contribution in [0.5, 0.6) is 0 Å². The molecule has 0 saturated heterocycles. The van der Waals surface area contributed by atoms with Crippen molar-refractivity contribution in [1.29, 1.82) is 0 Å². The Balaban J connectivity index is 4.38. The van der Waals surface area contributed by atoms with Gasteiger partial charge in [0, 0.05) is 19.3 Å². The van der Waals surface area contributed by atoms with E-state index in [4.69, 9.17) is 14.2 Å². The van der Waals surface area contributed by atoms with E-state index in [1.807, 2.05) is 24.3 Å². The number of hydrogen-bond donors (Lipinski definition) is 0. The largest absolute Gasteiger partial charge is 0.462 e. The third-order valence-corrected chi connectivity index (χ3v) is 13.1. The summed E-state index contributed by atoms with van der Waals surface area (Å²) in [5, 5.41) is 0. The average Bonchev–Trinajstić information content (AvgIpc) is 3.35. The molecule has 0 aliphatic rings. The zero-order chi connectivity index (χ0) is 50.0. The predicted molar refractivity (Wildman–Crippen MR) is 298 cm³/mol. The number of rotatable bonds is 54. The highest BCUT2D eigenvalue weighted by Crippen LogP contribution is 2.17. The van der Waals surface area contributed by atoms with Crippen molar-refractivity contribution in [1.82, 2.24) is 0 Å². The first-order valence-electron chi connectivity index (χ1n) is 29.9. The fourth-order valence-corrected chi connectivity index (χ4v) is 8.65. The molecule has 0 spiro atoms. The van der Waals surface area contributed by atoms with Crippen LogP contribution in [0.4, 0.5) is 0 Å². The minimum atomic E-state index is -0.785. The van der Waals surface area contributed by atoms with E-state index in [2.05, 4.69) is 57.2 Å². The lowest BCUT2D eigenvalue weighted by Gasteiger charge is -2.18. The van der Waals surface area contributed by atoms with Gasteiger partial charge in [-0.25, -0.2) is 0 Å². The number of allylic oxidation sites excluding steroid dienone is 10. The first-order chi connectivity index (χ1) is 34.0. The van der Waals surface area contributed by atoms with E-state index >= 15 is 0 Å². The second kappa shape index (κ2) is 57.7. The van der Waals surface area contributed by atoms with Crippen molar-refractivity contribution >= 4 is 17.9 Å². The SMILES string of the molecule is CCC\C=C/C=C\C=C/C=C\C=C/CCCCCCCC(=O)OC(COC(=O)CCCCCCCCCCCCCCCC)COC(=O)CCCCCCCCCCCCCCCCCCCCC. The smallest absolute Gasteiger partial charge is 0.306 e. The van der Waals surface area contributed by atoms with Crippen LogP contribution in [0.15, 0.2) is 60.8 Å². The molecule has 6 heteroatoms. The summed E-state index contributed by atoms with van der Waals surface area (Å²) in [5.74, 6) is -0.889. The zero-order valence-corrected chi connectivity index (χ0v) is 45.8. The Bertz CT molecular complexity index is 1250. The summed E-state index contributed by atoms with van der Waals surface area (Å²) in [5.41, 5.74) is 0. The van der Waals surface area contributed by atoms with Crippen LogP contribution in [0.25, 0.3) is 0 Å². The number of carbonyl (C=O) groups excluding carboxylic acids is 3. The van der Waals surface area contributed by atoms with Gasteiger partial charge in [0.1, 0.15) is 13.2 Å². The van der Waals surface area contributed by atoms with Gasteiger partial charge in [-0.15, -0.1) is 0 Å². The Kier molecular flexibility index (Phi) is 55.3. The lowest BCUT2D eigenvalue weighted by atomic mass is 10.0. The van der Waals surface area contributed by atoms with Crippen LogP contribution in [0.3, 0.4) is 0 Å². The highest BCUT2D eigenvalue weighted by atomic mass is 16.6. The average molecular weight is 966 g/mol. The fourth-order valence-electron chi connectivity index (χ4n) is 8.65. The van der Waals surface area contributed by atoms with Crippen molar-refractivity contribution < 1.29 is 28.6 Å². The van der Waals surface area contributed by atoms with Crippen molar-refractivity contribution in [2.45, 2.75) is 309 Å². The molecule has 0 heterocycles. The summed E-state index contributed by atoms with van der Waals surface area (Å²) >= 11 is 0. The van der Waals surface area contributed by atoms with Crippen LogP contribution < -0.4 is 0 Å². The Morgan fingerprint density at radius 1 is 0.290 bits per heavy atom. The molecule has 0 aliphatic heterocycles. The quantitative estimate of drug-likeness (QED) is 0.0262. The van der Waals surface area contributed by atoms with Crippen LogP contribution >= 0.6 is 0 Å². The molecule has 1 atom stereocenters. The fraction of sp³-hybridized carbons (Fsp3) is 0.794. The third kappa shape index (κ3) is 55.9. The van der Waals surface area contributed by atoms with E-state index in [0.29, 0.717) is 19.3 Å². The topological polar surface area (TPSA) is 78.9 Å². The maximum absolute atomic E-state index is 12.9. The van der Waals surface area contributed by atoms with E-state index in [1.165, 1.54) is 180 Å². The number of esters is 3. The molecule has 0 saturated carbocycles. The Hall–Kier alpha value is -2.89. The van der Waals surface area contributed by atoms with Gasteiger partial charge in [0.15, 0.2) is 6.10 Å². The maximum Gasteiger partial charge on any atom is 0.306 e. The molecule has 400 valence electrons. The van der Waals surface area contributed by atoms with Gasteiger partial charge in [0.25, 0.3) is 0 Å². The molecule has 1 unspecified atom stereocenters. The molecule has 0 N–H and O–H groups in total. The molecule has 0 aromatic carbocycles. The molecule has 0 aliphatic carbocycles. The highest BCUT2D eigenvalue weighted by molar-refractivity contribution is 5.71. The number of hydrogen-bond acceptors (Lipinski definition) is 6. The first kappa shape index (κ1) is 66.1. The van der Waals surface area contributed by atoms with E-state index in [1.54, 1.807) is 0 Å². The minimum Gasteiger partial charge on any atom is -0.462 e. The van der Waals surface area contributed by atoms with E-state index in [0.717, 1.165) is 83.5 Å². The lowest BCUT2D eigenvalue weighted by molar-refractivity contribution is -0.167. The molecule has 0 aromatic heterocycles. The molecule has 0 radical (unpaired) electrons. The molecule has 69 heavy (non-hydrogen) atoms. The van der Waals surface area contributed by atoms with Gasteiger partial charge in [0.05, 0.1) is 0 Å². The monoisotopic (exact) mass is 965 g/mol. The summed E-state index contributed by atoms with van der Waals surface area (Å²) in [6, 6.07) is 0. The van der Waals surface area contributed by atoms with Gasteiger partial charge < -0.3 is 14.2 Å². The third-order valence-electron chi connectivity index (χ3n) is 13.1. The zero-order valence-electron chi connectivity index (χ0n) is 45.8. The molecular formula is C63H112O6. The number of carbonyl (C=O) groups is 3. The Morgan fingerprint density at radius 2 is 0.551 bits per heavy atom. The molecule has 0 bridgehead atoms. The predicted octanol–water partition coefficient (Wildman–Crippen LogP) is 20.0. The maximum atomic E-state index is 12.9. The van der Waals surface area contributed by atoms with E-state index < -0.39 is 6.10 Å². The van der Waals surface area contributed by atoms with E-state index in [9.17, 15) is 14.4 Å². The van der Waals surface area contributed by atoms with Crippen molar-refractivity contribution in [3.8, 4) is 0 Å². The molecule has 0 aromatic rings. The van der Waals surface area contributed by atoms with Crippen molar-refractivity contribution in [2.75, 3.05) is 13.2 Å². The molecule has 0 fully saturated rings. The first-order valence-corrected chi connectivity index (χ1v) is 29.9. The number of ether oxygens (including phenoxy) is 3. The van der Waals surface area contributed by atoms with Crippen LogP contribution in [0.1, 0.15) is 303 Å². The minimum absolute atomic E-state index is 0.0808. The van der Waals surface area contributed by atoms with Gasteiger partial charge in [-0.05, 0) is 38.5 Å². The van der Waals surface area contributed by atoms with Gasteiger partial charge >= 0.3 is 17.9 Å². The molecule has 0 amide bonds. The molecular weight excluding hydrogens is 853 g/mol. The van der Waals surface area contributed by atoms with Crippen LogP contribution in [-0.4, -0.2) is 37.2 Å². The summed E-state index contributed by atoms with van der Waals surface area (Å²) in [4.78, 5) is 38.2. The van der Waals surface area contributed by atoms with Gasteiger partial charge in [-0.3, -0.25) is 14.4 Å². The van der Waals surface area contributed by atoms with Gasteiger partial charge in [-0.1, -0.05) is 306 Å². The standard InChI is InChI=1S/C63H112O6/c1-4-7-10-13-16-19-22-25-28-30-32-34-35-38-41-44-47-50-53-56-62(65)68-59-60(58-67-61(64)55-52-49-46-43-40-37-27-24-21-18-15-12-9-6-3)69-63(66)57-54-51-48-45-42-39-36-33-31-29-26-23-20-17-14-11-8-5-2/h11,14,17,20,23,26,29,31,33,36,60H,4-10,12-13,15-16,18-19,21-22,24-25,27-28,30,32,34-35,37-59H2,1-3H3/b14-11-,20-17-,26-23-,31-29-,36-33-. The molecule has 6 nitrogen and oxygen atoms in total. The van der Waals surface area contributed by atoms with Crippen molar-refractivity contribution in [3.05, 3.63) is 60.8 Å². The highest BCUT2D eigenvalue weighted by Gasteiger charge is 2.19. The molecule has 0 rings (SSSR count). The second-order valence-electron chi connectivity index (χ2n) is 20.0. The summed E-state index contributed by atoms with van der Waals surface area (Å²) in [6.45, 7) is 6.57. The normalized spacial score (nSPS) is 12.4. The van der Waals surface area contributed by atoms with E-state index in [-0.39, 0.29) is 31.1 Å². The lowest BCUT2D eigenvalue weighted by Crippen LogP contribution is -2.30. The number of unbranched alkanes of at least 4 members (excludes halogenated alkanes) is 37. The summed E-state index contributed by atoms with van der Waals surface area (Å²) in [6.07, 6.45) is 72.1. The van der Waals surface area contributed by atoms with Crippen LogP contribution in [0, 0.1) is 0 Å². The van der Waals surface area contributed by atoms with Gasteiger partial charge in [0.2, 0.25) is 0 Å². The van der Waals surface area contributed by atoms with Crippen molar-refractivity contribution in [2.24, 2.45) is 0 Å². The Morgan fingerprint density at radius 3 is 0.870 bits per heavy atom. The van der Waals surface area contributed by atoms with Gasteiger partial charge in [-0.2, -0.15) is 0 Å².